The molecule has 2 aliphatic rings. The van der Waals surface area contributed by atoms with Crippen LogP contribution in [-0.4, -0.2) is 37.3 Å². The maximum atomic E-state index is 12.0. The van der Waals surface area contributed by atoms with Gasteiger partial charge in [-0.05, 0) is 59.4 Å². The molecule has 4 nitrogen and oxygen atoms in total. The number of carbonyl (C=O) groups is 1. The van der Waals surface area contributed by atoms with Crippen molar-refractivity contribution in [2.75, 3.05) is 13.2 Å². The van der Waals surface area contributed by atoms with Crippen LogP contribution >= 0.6 is 0 Å². The molecule has 24 heavy (non-hydrogen) atoms. The van der Waals surface area contributed by atoms with Gasteiger partial charge in [-0.2, -0.15) is 0 Å². The largest absolute Gasteiger partial charge is 0.494 e. The number of hydrogen-bond acceptors (Lipinski definition) is 4. The number of carbonyl (C=O) groups excluding carboxylic acids is 1. The summed E-state index contributed by atoms with van der Waals surface area (Å²) in [4.78, 5) is 12.0. The predicted octanol–water partition coefficient (Wildman–Crippen LogP) is 4.04. The van der Waals surface area contributed by atoms with Crippen LogP contribution in [0, 0.1) is 0 Å². The van der Waals surface area contributed by atoms with E-state index < -0.39 is 0 Å². The second kappa shape index (κ2) is 7.98. The van der Waals surface area contributed by atoms with Crippen molar-refractivity contribution in [2.45, 2.75) is 77.9 Å². The van der Waals surface area contributed by atoms with Crippen molar-refractivity contribution in [3.63, 3.8) is 0 Å². The Morgan fingerprint density at radius 2 is 1.75 bits per heavy atom. The second-order valence-corrected chi connectivity index (χ2v) is 7.54. The van der Waals surface area contributed by atoms with Crippen molar-refractivity contribution in [1.29, 1.82) is 0 Å². The maximum absolute atomic E-state index is 12.0. The van der Waals surface area contributed by atoms with Crippen LogP contribution < -0.4 is 0 Å². The Bertz CT molecular complexity index is 503. The summed E-state index contributed by atoms with van der Waals surface area (Å²) in [5, 5.41) is 0. The van der Waals surface area contributed by atoms with Gasteiger partial charge in [0.05, 0.1) is 17.8 Å². The minimum Gasteiger partial charge on any atom is -0.399 e. The van der Waals surface area contributed by atoms with Crippen molar-refractivity contribution < 1.29 is 18.8 Å². The van der Waals surface area contributed by atoms with Gasteiger partial charge in [0.1, 0.15) is 5.78 Å². The fourth-order valence-electron chi connectivity index (χ4n) is 2.94. The van der Waals surface area contributed by atoms with Crippen molar-refractivity contribution in [3.05, 3.63) is 23.2 Å². The highest BCUT2D eigenvalue weighted by atomic mass is 16.7. The lowest BCUT2D eigenvalue weighted by molar-refractivity contribution is -0.120. The Morgan fingerprint density at radius 1 is 1.12 bits per heavy atom. The van der Waals surface area contributed by atoms with Crippen LogP contribution in [0.4, 0.5) is 0 Å². The molecule has 134 valence electrons. The van der Waals surface area contributed by atoms with Crippen molar-refractivity contribution in [2.24, 2.45) is 0 Å². The first kappa shape index (κ1) is 19.4. The van der Waals surface area contributed by atoms with Crippen molar-refractivity contribution in [1.82, 2.24) is 0 Å². The van der Waals surface area contributed by atoms with Crippen molar-refractivity contribution >= 4 is 12.9 Å². The molecule has 0 unspecified atom stereocenters. The second-order valence-electron chi connectivity index (χ2n) is 7.54. The van der Waals surface area contributed by atoms with Gasteiger partial charge >= 0.3 is 7.12 Å². The summed E-state index contributed by atoms with van der Waals surface area (Å²) in [5.41, 5.74) is 1.63. The quantitative estimate of drug-likeness (QED) is 0.496. The Labute approximate surface area is 146 Å². The number of ketones is 1. The van der Waals surface area contributed by atoms with Gasteiger partial charge in [0, 0.05) is 19.4 Å². The molecule has 0 bridgehead atoms. The van der Waals surface area contributed by atoms with Crippen LogP contribution in [0.15, 0.2) is 23.2 Å². The van der Waals surface area contributed by atoms with E-state index in [1.54, 1.807) is 0 Å². The molecule has 1 aliphatic heterocycles. The fourth-order valence-corrected chi connectivity index (χ4v) is 2.94. The van der Waals surface area contributed by atoms with Crippen LogP contribution in [0.5, 0.6) is 0 Å². The molecule has 5 heteroatoms. The average Bonchev–Trinajstić information content (AvgIpc) is 2.74. The first-order valence-electron chi connectivity index (χ1n) is 9.11. The van der Waals surface area contributed by atoms with Crippen LogP contribution in [0.25, 0.3) is 0 Å². The third kappa shape index (κ3) is 4.59. The van der Waals surface area contributed by atoms with E-state index in [-0.39, 0.29) is 24.1 Å². The van der Waals surface area contributed by atoms with E-state index in [2.05, 4.69) is 39.8 Å². The lowest BCUT2D eigenvalue weighted by Gasteiger charge is -2.32. The first-order chi connectivity index (χ1) is 11.3. The van der Waals surface area contributed by atoms with Gasteiger partial charge in [0.25, 0.3) is 0 Å². The van der Waals surface area contributed by atoms with E-state index in [4.69, 9.17) is 14.0 Å². The number of allylic oxidation sites excluding steroid dienone is 4. The van der Waals surface area contributed by atoms with Crippen LogP contribution in [-0.2, 0) is 18.8 Å². The molecule has 0 saturated carbocycles. The molecule has 0 amide bonds. The summed E-state index contributed by atoms with van der Waals surface area (Å²) in [7, 11) is -0.333. The van der Waals surface area contributed by atoms with Crippen LogP contribution in [0.1, 0.15) is 66.7 Å². The van der Waals surface area contributed by atoms with Gasteiger partial charge < -0.3 is 14.0 Å². The Kier molecular flexibility index (Phi) is 6.46. The summed E-state index contributed by atoms with van der Waals surface area (Å²) in [5.74, 6) is 0.253. The fraction of sp³-hybridized carbons (Fsp3) is 0.737. The standard InChI is InChI=1S/C19H31BO4/c1-6-22-14-13-16(21)12-11-15-9-7-8-10-17(15)20-23-18(2,3)19(4,5)24-20/h9-10H,6-8,11-14H2,1-5H3. The van der Waals surface area contributed by atoms with E-state index >= 15 is 0 Å². The molecule has 0 aromatic carbocycles. The molecule has 0 radical (unpaired) electrons. The molecule has 1 saturated heterocycles. The third-order valence-corrected chi connectivity index (χ3v) is 5.20. The van der Waals surface area contributed by atoms with Crippen LogP contribution in [0.2, 0.25) is 0 Å². The smallest absolute Gasteiger partial charge is 0.399 e. The zero-order valence-corrected chi connectivity index (χ0v) is 15.8. The molecular formula is C19H31BO4. The zero-order chi connectivity index (χ0) is 17.8. The number of Topliss-reactive ketones (excluding diaryl/α,β-unsaturated/α-hetero) is 1. The average molecular weight is 334 g/mol. The summed E-state index contributed by atoms with van der Waals surface area (Å²) in [6.07, 6.45) is 8.26. The highest BCUT2D eigenvalue weighted by Gasteiger charge is 2.52. The summed E-state index contributed by atoms with van der Waals surface area (Å²) >= 11 is 0. The lowest BCUT2D eigenvalue weighted by atomic mass is 9.70. The van der Waals surface area contributed by atoms with Gasteiger partial charge in [0.2, 0.25) is 0 Å². The SMILES string of the molecule is CCOCCC(=O)CCC1=CCCC=C1B1OC(C)(C)C(C)(C)O1. The maximum Gasteiger partial charge on any atom is 0.494 e. The Balaban J connectivity index is 1.94. The predicted molar refractivity (Wildman–Crippen MR) is 96.8 cm³/mol. The minimum atomic E-state index is -0.339. The van der Waals surface area contributed by atoms with E-state index in [0.717, 1.165) is 24.7 Å². The van der Waals surface area contributed by atoms with E-state index in [1.165, 1.54) is 5.57 Å². The molecular weight excluding hydrogens is 303 g/mol. The molecule has 0 aromatic heterocycles. The zero-order valence-electron chi connectivity index (χ0n) is 15.8. The summed E-state index contributed by atoms with van der Waals surface area (Å²) in [6.45, 7) is 11.4. The summed E-state index contributed by atoms with van der Waals surface area (Å²) < 4.78 is 17.6. The number of hydrogen-bond donors (Lipinski definition) is 0. The Hall–Kier alpha value is -0.905. The summed E-state index contributed by atoms with van der Waals surface area (Å²) in [6, 6.07) is 0. The topological polar surface area (TPSA) is 44.8 Å². The van der Waals surface area contributed by atoms with Gasteiger partial charge in [-0.1, -0.05) is 17.7 Å². The molecule has 0 N–H and O–H groups in total. The van der Waals surface area contributed by atoms with E-state index in [1.807, 2.05) is 6.92 Å². The molecule has 0 spiro atoms. The molecule has 1 heterocycles. The van der Waals surface area contributed by atoms with E-state index in [9.17, 15) is 4.79 Å². The molecule has 2 rings (SSSR count). The monoisotopic (exact) mass is 334 g/mol. The number of rotatable bonds is 8. The van der Waals surface area contributed by atoms with Crippen molar-refractivity contribution in [3.8, 4) is 0 Å². The van der Waals surface area contributed by atoms with Crippen LogP contribution in [0.3, 0.4) is 0 Å². The Morgan fingerprint density at radius 3 is 2.38 bits per heavy atom. The number of ether oxygens (including phenoxy) is 1. The normalized spacial score (nSPS) is 22.3. The molecule has 1 aliphatic carbocycles. The minimum absolute atomic E-state index is 0.253. The van der Waals surface area contributed by atoms with Gasteiger partial charge in [-0.3, -0.25) is 4.79 Å². The third-order valence-electron chi connectivity index (χ3n) is 5.20. The molecule has 0 aromatic rings. The molecule has 0 atom stereocenters. The van der Waals surface area contributed by atoms with Gasteiger partial charge in [-0.25, -0.2) is 0 Å². The van der Waals surface area contributed by atoms with Gasteiger partial charge in [0.15, 0.2) is 0 Å². The lowest BCUT2D eigenvalue weighted by Crippen LogP contribution is -2.41. The highest BCUT2D eigenvalue weighted by molar-refractivity contribution is 6.56. The highest BCUT2D eigenvalue weighted by Crippen LogP contribution is 2.41. The first-order valence-corrected chi connectivity index (χ1v) is 9.11. The molecule has 1 fully saturated rings. The van der Waals surface area contributed by atoms with E-state index in [0.29, 0.717) is 26.1 Å². The van der Waals surface area contributed by atoms with Gasteiger partial charge in [-0.15, -0.1) is 0 Å².